The Bertz CT molecular complexity index is 1120. The lowest BCUT2D eigenvalue weighted by atomic mass is 9.72. The number of nitrogens with one attached hydrogen (secondary N) is 1. The molecule has 3 atom stereocenters. The van der Waals surface area contributed by atoms with Crippen molar-refractivity contribution in [2.75, 3.05) is 25.0 Å². The van der Waals surface area contributed by atoms with Gasteiger partial charge in [0.05, 0.1) is 0 Å². The fourth-order valence-electron chi connectivity index (χ4n) is 6.58. The summed E-state index contributed by atoms with van der Waals surface area (Å²) in [6, 6.07) is 5.57. The smallest absolute Gasteiger partial charge is 0.274 e. The standard InChI is InChI=1S/C25H30N4O3/c30-15-17-5-9-28(10-6-17)23(32)19-14-29-20(26-19)3-1-4-21(29)27-22(31)13-24-7-2-8-25(16-24)12-18(25)11-24/h1-4,8,14,17-18,30H,5-7,9-13,15-16H2,(H,27,31). The minimum Gasteiger partial charge on any atom is -0.396 e. The number of amides is 2. The van der Waals surface area contributed by atoms with Gasteiger partial charge in [0.2, 0.25) is 5.91 Å². The van der Waals surface area contributed by atoms with Gasteiger partial charge in [-0.2, -0.15) is 0 Å². The third-order valence-electron chi connectivity index (χ3n) is 8.34. The van der Waals surface area contributed by atoms with E-state index >= 15 is 0 Å². The number of pyridine rings is 1. The lowest BCUT2D eigenvalue weighted by molar-refractivity contribution is -0.118. The lowest BCUT2D eigenvalue weighted by Crippen LogP contribution is -2.39. The molecule has 1 saturated heterocycles. The maximum absolute atomic E-state index is 13.0. The van der Waals surface area contributed by atoms with Crippen LogP contribution in [0.5, 0.6) is 0 Å². The van der Waals surface area contributed by atoms with E-state index in [-0.39, 0.29) is 29.8 Å². The summed E-state index contributed by atoms with van der Waals surface area (Å²) in [4.78, 5) is 32.3. The van der Waals surface area contributed by atoms with Crippen molar-refractivity contribution in [2.45, 2.75) is 44.9 Å². The van der Waals surface area contributed by atoms with E-state index in [2.05, 4.69) is 22.5 Å². The van der Waals surface area contributed by atoms with Crippen molar-refractivity contribution in [3.63, 3.8) is 0 Å². The number of aromatic nitrogens is 2. The van der Waals surface area contributed by atoms with E-state index < -0.39 is 0 Å². The predicted octanol–water partition coefficient (Wildman–Crippen LogP) is 3.25. The number of hydrogen-bond donors (Lipinski definition) is 2. The molecule has 6 rings (SSSR count). The maximum Gasteiger partial charge on any atom is 0.274 e. The molecule has 3 heterocycles. The monoisotopic (exact) mass is 434 g/mol. The molecule has 2 N–H and O–H groups in total. The van der Waals surface area contributed by atoms with Crippen LogP contribution in [-0.4, -0.2) is 50.9 Å². The number of carbonyl (C=O) groups is 2. The maximum atomic E-state index is 13.0. The molecule has 1 aliphatic heterocycles. The highest BCUT2D eigenvalue weighted by molar-refractivity contribution is 5.94. The average Bonchev–Trinajstić information content (AvgIpc) is 3.15. The second-order valence-corrected chi connectivity index (χ2v) is 10.5. The Morgan fingerprint density at radius 1 is 1.22 bits per heavy atom. The Morgan fingerprint density at radius 2 is 2.06 bits per heavy atom. The Hall–Kier alpha value is -2.67. The van der Waals surface area contributed by atoms with Crippen molar-refractivity contribution in [2.24, 2.45) is 22.7 Å². The molecule has 2 aromatic rings. The zero-order valence-electron chi connectivity index (χ0n) is 18.3. The zero-order valence-corrected chi connectivity index (χ0v) is 18.3. The van der Waals surface area contributed by atoms with Crippen molar-refractivity contribution in [3.8, 4) is 0 Å². The molecule has 0 aromatic carbocycles. The number of hydrogen-bond acceptors (Lipinski definition) is 4. The van der Waals surface area contributed by atoms with Gasteiger partial charge in [-0.3, -0.25) is 14.0 Å². The summed E-state index contributed by atoms with van der Waals surface area (Å²) in [6.45, 7) is 1.46. The quantitative estimate of drug-likeness (QED) is 0.708. The van der Waals surface area contributed by atoms with Gasteiger partial charge in [-0.25, -0.2) is 4.98 Å². The normalized spacial score (nSPS) is 31.0. The number of allylic oxidation sites excluding steroid dienone is 2. The molecule has 2 amide bonds. The van der Waals surface area contributed by atoms with Crippen LogP contribution in [-0.2, 0) is 4.79 Å². The summed E-state index contributed by atoms with van der Waals surface area (Å²) >= 11 is 0. The second-order valence-electron chi connectivity index (χ2n) is 10.5. The van der Waals surface area contributed by atoms with Gasteiger partial charge in [-0.15, -0.1) is 0 Å². The van der Waals surface area contributed by atoms with Gasteiger partial charge in [0.25, 0.3) is 5.91 Å². The minimum absolute atomic E-state index is 0.0388. The molecule has 2 bridgehead atoms. The second kappa shape index (κ2) is 7.17. The summed E-state index contributed by atoms with van der Waals surface area (Å²) < 4.78 is 1.80. The first kappa shape index (κ1) is 20.0. The van der Waals surface area contributed by atoms with E-state index in [1.165, 1.54) is 6.42 Å². The van der Waals surface area contributed by atoms with Crippen LogP contribution in [0.3, 0.4) is 0 Å². The first-order valence-electron chi connectivity index (χ1n) is 11.9. The Kier molecular flexibility index (Phi) is 4.47. The number of aliphatic hydroxyl groups excluding tert-OH is 1. The van der Waals surface area contributed by atoms with E-state index in [4.69, 9.17) is 0 Å². The minimum atomic E-state index is -0.0919. The van der Waals surface area contributed by atoms with Gasteiger partial charge < -0.3 is 15.3 Å². The van der Waals surface area contributed by atoms with Crippen LogP contribution in [0, 0.1) is 22.7 Å². The van der Waals surface area contributed by atoms with E-state index in [1.807, 2.05) is 23.1 Å². The summed E-state index contributed by atoms with van der Waals surface area (Å²) in [6.07, 6.45) is 13.2. The molecule has 3 fully saturated rings. The number of imidazole rings is 1. The van der Waals surface area contributed by atoms with Crippen LogP contribution in [0.2, 0.25) is 0 Å². The Balaban J connectivity index is 1.17. The summed E-state index contributed by atoms with van der Waals surface area (Å²) in [5.41, 5.74) is 1.56. The zero-order chi connectivity index (χ0) is 21.9. The van der Waals surface area contributed by atoms with Crippen LogP contribution in [0.25, 0.3) is 5.65 Å². The van der Waals surface area contributed by atoms with Crippen molar-refractivity contribution in [1.29, 1.82) is 0 Å². The number of piperidine rings is 1. The van der Waals surface area contributed by atoms with Crippen molar-refractivity contribution in [1.82, 2.24) is 14.3 Å². The molecular formula is C25H30N4O3. The Morgan fingerprint density at radius 3 is 2.88 bits per heavy atom. The number of anilines is 1. The van der Waals surface area contributed by atoms with Gasteiger partial charge in [0.15, 0.2) is 0 Å². The highest BCUT2D eigenvalue weighted by atomic mass is 16.3. The molecular weight excluding hydrogens is 404 g/mol. The molecule has 0 radical (unpaired) electrons. The van der Waals surface area contributed by atoms with Gasteiger partial charge in [0, 0.05) is 32.3 Å². The molecule has 7 nitrogen and oxygen atoms in total. The Labute approximate surface area is 187 Å². The average molecular weight is 435 g/mol. The molecule has 168 valence electrons. The first-order valence-corrected chi connectivity index (χ1v) is 11.9. The van der Waals surface area contributed by atoms with Crippen molar-refractivity contribution >= 4 is 23.3 Å². The van der Waals surface area contributed by atoms with Crippen molar-refractivity contribution < 1.29 is 14.7 Å². The number of nitrogens with zero attached hydrogens (tertiary/aromatic N) is 3. The molecule has 3 unspecified atom stereocenters. The molecule has 32 heavy (non-hydrogen) atoms. The van der Waals surface area contributed by atoms with E-state index in [1.54, 1.807) is 10.6 Å². The highest BCUT2D eigenvalue weighted by Gasteiger charge is 2.64. The SMILES string of the molecule is O=C(CC12CC=CC3(CC3C1)C2)Nc1cccc2nc(C(=O)N3CCC(CO)CC3)cn12. The van der Waals surface area contributed by atoms with Crippen molar-refractivity contribution in [3.05, 3.63) is 42.2 Å². The molecule has 1 spiro atoms. The topological polar surface area (TPSA) is 86.9 Å². The van der Waals surface area contributed by atoms with Gasteiger partial charge >= 0.3 is 0 Å². The van der Waals surface area contributed by atoms with Crippen LogP contribution in [0.15, 0.2) is 36.5 Å². The number of likely N-dealkylation sites (tertiary alicyclic amines) is 1. The van der Waals surface area contributed by atoms with Crippen LogP contribution in [0.1, 0.15) is 55.4 Å². The summed E-state index contributed by atoms with van der Waals surface area (Å²) in [7, 11) is 0. The third-order valence-corrected chi connectivity index (χ3v) is 8.34. The third kappa shape index (κ3) is 3.25. The summed E-state index contributed by atoms with van der Waals surface area (Å²) in [5.74, 6) is 1.66. The molecule has 2 saturated carbocycles. The number of carbonyl (C=O) groups excluding carboxylic acids is 2. The van der Waals surface area contributed by atoms with E-state index in [9.17, 15) is 14.7 Å². The number of fused-ring (bicyclic) bond motifs is 2. The van der Waals surface area contributed by atoms with Crippen LogP contribution >= 0.6 is 0 Å². The molecule has 3 aliphatic carbocycles. The fraction of sp³-hybridized carbons (Fsp3) is 0.560. The molecule has 7 heteroatoms. The highest BCUT2D eigenvalue weighted by Crippen LogP contribution is 2.73. The van der Waals surface area contributed by atoms with Gasteiger partial charge in [0.1, 0.15) is 17.2 Å². The lowest BCUT2D eigenvalue weighted by Gasteiger charge is -2.33. The van der Waals surface area contributed by atoms with E-state index in [0.29, 0.717) is 42.1 Å². The van der Waals surface area contributed by atoms with Crippen LogP contribution < -0.4 is 5.32 Å². The first-order chi connectivity index (χ1) is 15.5. The molecule has 4 aliphatic rings. The number of rotatable bonds is 5. The largest absolute Gasteiger partial charge is 0.396 e. The fourth-order valence-corrected chi connectivity index (χ4v) is 6.58. The van der Waals surface area contributed by atoms with Gasteiger partial charge in [-0.1, -0.05) is 18.2 Å². The molecule has 2 aromatic heterocycles. The van der Waals surface area contributed by atoms with Gasteiger partial charge in [-0.05, 0) is 73.3 Å². The van der Waals surface area contributed by atoms with Crippen LogP contribution in [0.4, 0.5) is 5.82 Å². The number of aliphatic hydroxyl groups is 1. The van der Waals surface area contributed by atoms with E-state index in [0.717, 1.165) is 38.0 Å². The predicted molar refractivity (Wildman–Crippen MR) is 120 cm³/mol. The summed E-state index contributed by atoms with van der Waals surface area (Å²) in [5, 5.41) is 12.4.